The van der Waals surface area contributed by atoms with Crippen molar-refractivity contribution in [3.63, 3.8) is 0 Å². The second-order valence-electron chi connectivity index (χ2n) is 2.63. The van der Waals surface area contributed by atoms with Crippen molar-refractivity contribution in [2.75, 3.05) is 18.4 Å². The van der Waals surface area contributed by atoms with Crippen molar-refractivity contribution in [3.05, 3.63) is 36.2 Å². The monoisotopic (exact) mass is 188 g/mol. The molecule has 0 unspecified atom stereocenters. The van der Waals surface area contributed by atoms with E-state index in [2.05, 4.69) is 10.3 Å². The molecule has 72 valence electrons. The van der Waals surface area contributed by atoms with Gasteiger partial charge in [-0.25, -0.2) is 4.98 Å². The topological polar surface area (TPSA) is 74.7 Å². The molecule has 1 aromatic heterocycles. The second kappa shape index (κ2) is 5.73. The number of rotatable bonds is 4. The van der Waals surface area contributed by atoms with E-state index in [1.54, 1.807) is 12.3 Å². The fourth-order valence-electron chi connectivity index (χ4n) is 0.958. The number of aromatic nitrogens is 1. The van der Waals surface area contributed by atoms with E-state index < -0.39 is 0 Å². The molecule has 0 bridgehead atoms. The molecule has 14 heavy (non-hydrogen) atoms. The summed E-state index contributed by atoms with van der Waals surface area (Å²) in [6, 6.07) is 5.50. The van der Waals surface area contributed by atoms with E-state index in [4.69, 9.17) is 11.0 Å². The minimum atomic E-state index is 0.415. The zero-order valence-electron chi connectivity index (χ0n) is 7.77. The lowest BCUT2D eigenvalue weighted by molar-refractivity contribution is 1.21. The van der Waals surface area contributed by atoms with Gasteiger partial charge in [0.05, 0.1) is 0 Å². The molecule has 1 aromatic rings. The Kier molecular flexibility index (Phi) is 4.18. The molecule has 0 radical (unpaired) electrons. The van der Waals surface area contributed by atoms with Crippen molar-refractivity contribution in [2.45, 2.75) is 0 Å². The first-order valence-corrected chi connectivity index (χ1v) is 4.32. The smallest absolute Gasteiger partial charge is 0.142 e. The Morgan fingerprint density at radius 1 is 1.57 bits per heavy atom. The van der Waals surface area contributed by atoms with Gasteiger partial charge < -0.3 is 11.1 Å². The molecule has 0 aliphatic heterocycles. The van der Waals surface area contributed by atoms with E-state index in [1.165, 1.54) is 0 Å². The summed E-state index contributed by atoms with van der Waals surface area (Å²) in [6.45, 7) is 1.24. The highest BCUT2D eigenvalue weighted by Crippen LogP contribution is 2.06. The number of anilines is 1. The number of hydrogen-bond donors (Lipinski definition) is 2. The molecule has 1 rings (SSSR count). The zero-order chi connectivity index (χ0) is 10.2. The maximum absolute atomic E-state index is 8.60. The number of nitrogens with two attached hydrogens (primary N) is 1. The third-order valence-electron chi connectivity index (χ3n) is 1.60. The molecule has 0 aliphatic carbocycles. The van der Waals surface area contributed by atoms with Crippen LogP contribution < -0.4 is 11.1 Å². The summed E-state index contributed by atoms with van der Waals surface area (Å²) >= 11 is 0. The Hall–Kier alpha value is -1.86. The van der Waals surface area contributed by atoms with Crippen LogP contribution in [-0.2, 0) is 0 Å². The molecular weight excluding hydrogens is 176 g/mol. The highest BCUT2D eigenvalue weighted by atomic mass is 14.9. The fourth-order valence-corrected chi connectivity index (χ4v) is 0.958. The summed E-state index contributed by atoms with van der Waals surface area (Å²) in [5.74, 6) is 0. The lowest BCUT2D eigenvalue weighted by Gasteiger charge is -2.01. The average Bonchev–Trinajstić information content (AvgIpc) is 2.25. The standard InChI is InChI=1S/C10H12N4/c11-4-1-2-5-13-9-3-6-14-10(7-9)8-12/h1-3,6-7H,4-5,11H2,(H,13,14)/b2-1+. The maximum atomic E-state index is 8.60. The second-order valence-corrected chi connectivity index (χ2v) is 2.63. The molecule has 3 N–H and O–H groups in total. The summed E-state index contributed by atoms with van der Waals surface area (Å²) in [5.41, 5.74) is 6.59. The van der Waals surface area contributed by atoms with Crippen LogP contribution in [0.4, 0.5) is 5.69 Å². The van der Waals surface area contributed by atoms with Crippen molar-refractivity contribution >= 4 is 5.69 Å². The van der Waals surface area contributed by atoms with Gasteiger partial charge in [0.15, 0.2) is 0 Å². The van der Waals surface area contributed by atoms with Crippen LogP contribution in [0.3, 0.4) is 0 Å². The molecule has 0 aromatic carbocycles. The van der Waals surface area contributed by atoms with Gasteiger partial charge in [-0.3, -0.25) is 0 Å². The summed E-state index contributed by atoms with van der Waals surface area (Å²) in [4.78, 5) is 3.86. The lowest BCUT2D eigenvalue weighted by Crippen LogP contribution is -2.00. The molecular formula is C10H12N4. The van der Waals surface area contributed by atoms with Crippen molar-refractivity contribution in [1.29, 1.82) is 5.26 Å². The quantitative estimate of drug-likeness (QED) is 0.688. The Morgan fingerprint density at radius 2 is 2.43 bits per heavy atom. The van der Waals surface area contributed by atoms with Crippen LogP contribution in [0.15, 0.2) is 30.5 Å². The van der Waals surface area contributed by atoms with Crippen LogP contribution in [-0.4, -0.2) is 18.1 Å². The van der Waals surface area contributed by atoms with Gasteiger partial charge in [-0.05, 0) is 12.1 Å². The first-order chi connectivity index (χ1) is 6.86. The molecule has 0 saturated heterocycles. The van der Waals surface area contributed by atoms with Gasteiger partial charge in [0.1, 0.15) is 11.8 Å². The molecule has 4 nitrogen and oxygen atoms in total. The fraction of sp³-hybridized carbons (Fsp3) is 0.200. The summed E-state index contributed by atoms with van der Waals surface area (Å²) in [7, 11) is 0. The third kappa shape index (κ3) is 3.25. The Morgan fingerprint density at radius 3 is 3.14 bits per heavy atom. The molecule has 0 aliphatic rings. The maximum Gasteiger partial charge on any atom is 0.142 e. The SMILES string of the molecule is N#Cc1cc(NC/C=C/CN)ccn1. The average molecular weight is 188 g/mol. The summed E-state index contributed by atoms with van der Waals surface area (Å²) < 4.78 is 0. The van der Waals surface area contributed by atoms with Crippen molar-refractivity contribution < 1.29 is 0 Å². The predicted molar refractivity (Wildman–Crippen MR) is 55.6 cm³/mol. The van der Waals surface area contributed by atoms with Gasteiger partial charge in [0.2, 0.25) is 0 Å². The molecule has 1 heterocycles. The Balaban J connectivity index is 2.51. The molecule has 0 fully saturated rings. The minimum absolute atomic E-state index is 0.415. The van der Waals surface area contributed by atoms with Crippen LogP contribution in [0.1, 0.15) is 5.69 Å². The van der Waals surface area contributed by atoms with Gasteiger partial charge in [-0.1, -0.05) is 12.2 Å². The van der Waals surface area contributed by atoms with E-state index in [0.717, 1.165) is 5.69 Å². The van der Waals surface area contributed by atoms with E-state index in [0.29, 0.717) is 18.8 Å². The Labute approximate surface area is 83.1 Å². The summed E-state index contributed by atoms with van der Waals surface area (Å²) in [6.07, 6.45) is 5.42. The predicted octanol–water partition coefficient (Wildman–Crippen LogP) is 0.880. The van der Waals surface area contributed by atoms with Gasteiger partial charge in [0.25, 0.3) is 0 Å². The number of nitriles is 1. The van der Waals surface area contributed by atoms with Crippen molar-refractivity contribution in [2.24, 2.45) is 5.73 Å². The van der Waals surface area contributed by atoms with Gasteiger partial charge >= 0.3 is 0 Å². The van der Waals surface area contributed by atoms with Gasteiger partial charge in [0, 0.05) is 25.0 Å². The van der Waals surface area contributed by atoms with Crippen LogP contribution in [0.2, 0.25) is 0 Å². The number of nitrogens with zero attached hydrogens (tertiary/aromatic N) is 2. The van der Waals surface area contributed by atoms with E-state index in [-0.39, 0.29) is 0 Å². The van der Waals surface area contributed by atoms with E-state index in [9.17, 15) is 0 Å². The molecule has 0 amide bonds. The summed E-state index contributed by atoms with van der Waals surface area (Å²) in [5, 5.41) is 11.7. The number of hydrogen-bond acceptors (Lipinski definition) is 4. The molecule has 0 saturated carbocycles. The minimum Gasteiger partial charge on any atom is -0.381 e. The number of pyridine rings is 1. The molecule has 0 spiro atoms. The first kappa shape index (κ1) is 10.2. The van der Waals surface area contributed by atoms with Crippen LogP contribution in [0.25, 0.3) is 0 Å². The number of nitrogens with one attached hydrogen (secondary N) is 1. The Bertz CT molecular complexity index is 351. The van der Waals surface area contributed by atoms with Gasteiger partial charge in [-0.2, -0.15) is 5.26 Å². The molecule has 0 atom stereocenters. The third-order valence-corrected chi connectivity index (χ3v) is 1.60. The molecule has 4 heteroatoms. The lowest BCUT2D eigenvalue weighted by atomic mass is 10.3. The largest absolute Gasteiger partial charge is 0.381 e. The van der Waals surface area contributed by atoms with Crippen molar-refractivity contribution in [1.82, 2.24) is 4.98 Å². The van der Waals surface area contributed by atoms with Crippen molar-refractivity contribution in [3.8, 4) is 6.07 Å². The highest BCUT2D eigenvalue weighted by Gasteiger charge is 1.93. The normalized spacial score (nSPS) is 10.0. The van der Waals surface area contributed by atoms with Crippen LogP contribution >= 0.6 is 0 Å². The van der Waals surface area contributed by atoms with Crippen LogP contribution in [0, 0.1) is 11.3 Å². The van der Waals surface area contributed by atoms with Crippen LogP contribution in [0.5, 0.6) is 0 Å². The highest BCUT2D eigenvalue weighted by molar-refractivity contribution is 5.46. The zero-order valence-corrected chi connectivity index (χ0v) is 7.77. The first-order valence-electron chi connectivity index (χ1n) is 4.32. The van der Waals surface area contributed by atoms with E-state index >= 15 is 0 Å². The van der Waals surface area contributed by atoms with Gasteiger partial charge in [-0.15, -0.1) is 0 Å². The van der Waals surface area contributed by atoms with E-state index in [1.807, 2.05) is 24.3 Å².